The van der Waals surface area contributed by atoms with Crippen LogP contribution in [0.3, 0.4) is 0 Å². The van der Waals surface area contributed by atoms with Crippen molar-refractivity contribution in [2.24, 2.45) is 11.8 Å². The molecule has 5 heteroatoms. The summed E-state index contributed by atoms with van der Waals surface area (Å²) in [5.74, 6) is 8.55. The van der Waals surface area contributed by atoms with Crippen LogP contribution in [0.1, 0.15) is 32.5 Å². The fourth-order valence-corrected chi connectivity index (χ4v) is 2.03. The van der Waals surface area contributed by atoms with Crippen molar-refractivity contribution in [3.63, 3.8) is 0 Å². The van der Waals surface area contributed by atoms with Crippen molar-refractivity contribution >= 4 is 11.6 Å². The van der Waals surface area contributed by atoms with E-state index in [1.54, 1.807) is 0 Å². The number of rotatable bonds is 4. The standard InChI is InChI=1S/C11H19N5/c1-3-9-14-10(6-11(15-9)16-12)13-8-4-7(2)5-8/h6-8H,3-5,12H2,1-2H3,(H2,13,14,15,16). The van der Waals surface area contributed by atoms with E-state index in [0.29, 0.717) is 11.9 Å². The Morgan fingerprint density at radius 2 is 2.06 bits per heavy atom. The lowest BCUT2D eigenvalue weighted by Crippen LogP contribution is -2.34. The van der Waals surface area contributed by atoms with Gasteiger partial charge in [-0.2, -0.15) is 0 Å². The van der Waals surface area contributed by atoms with Gasteiger partial charge in [-0.25, -0.2) is 15.8 Å². The Morgan fingerprint density at radius 1 is 1.38 bits per heavy atom. The molecule has 0 saturated heterocycles. The first-order valence-corrected chi connectivity index (χ1v) is 5.82. The van der Waals surface area contributed by atoms with E-state index in [9.17, 15) is 0 Å². The summed E-state index contributed by atoms with van der Waals surface area (Å²) in [5.41, 5.74) is 2.57. The van der Waals surface area contributed by atoms with Gasteiger partial charge in [-0.3, -0.25) is 0 Å². The number of nitrogen functional groups attached to an aromatic ring is 1. The van der Waals surface area contributed by atoms with Crippen molar-refractivity contribution in [3.8, 4) is 0 Å². The van der Waals surface area contributed by atoms with Gasteiger partial charge in [0, 0.05) is 18.5 Å². The molecule has 0 radical (unpaired) electrons. The second-order valence-corrected chi connectivity index (χ2v) is 4.47. The minimum atomic E-state index is 0.556. The maximum Gasteiger partial charge on any atom is 0.145 e. The third kappa shape index (κ3) is 2.41. The number of nitrogens with one attached hydrogen (secondary N) is 2. The molecule has 4 N–H and O–H groups in total. The second-order valence-electron chi connectivity index (χ2n) is 4.47. The van der Waals surface area contributed by atoms with Gasteiger partial charge < -0.3 is 10.7 Å². The highest BCUT2D eigenvalue weighted by Gasteiger charge is 2.25. The van der Waals surface area contributed by atoms with Crippen molar-refractivity contribution in [3.05, 3.63) is 11.9 Å². The number of aromatic nitrogens is 2. The molecule has 0 spiro atoms. The number of hydrogen-bond donors (Lipinski definition) is 3. The van der Waals surface area contributed by atoms with Gasteiger partial charge in [0.05, 0.1) is 0 Å². The minimum Gasteiger partial charge on any atom is -0.367 e. The number of nitrogens with two attached hydrogens (primary N) is 1. The molecule has 0 atom stereocenters. The molecule has 1 saturated carbocycles. The van der Waals surface area contributed by atoms with E-state index in [0.717, 1.165) is 24.0 Å². The lowest BCUT2D eigenvalue weighted by molar-refractivity contribution is 0.308. The highest BCUT2D eigenvalue weighted by Crippen LogP contribution is 2.29. The molecule has 0 aliphatic heterocycles. The van der Waals surface area contributed by atoms with Gasteiger partial charge in [0.2, 0.25) is 0 Å². The van der Waals surface area contributed by atoms with Crippen molar-refractivity contribution in [2.75, 3.05) is 10.7 Å². The SMILES string of the molecule is CCc1nc(NN)cc(NC2CC(C)C2)n1. The molecule has 0 unspecified atom stereocenters. The zero-order chi connectivity index (χ0) is 11.5. The number of hydrogen-bond acceptors (Lipinski definition) is 5. The lowest BCUT2D eigenvalue weighted by Gasteiger charge is -2.33. The summed E-state index contributed by atoms with van der Waals surface area (Å²) in [5, 5.41) is 3.41. The molecular formula is C11H19N5. The molecule has 88 valence electrons. The summed E-state index contributed by atoms with van der Waals surface area (Å²) in [7, 11) is 0. The molecule has 1 heterocycles. The van der Waals surface area contributed by atoms with Crippen molar-refractivity contribution < 1.29 is 0 Å². The predicted octanol–water partition coefficient (Wildman–Crippen LogP) is 1.53. The van der Waals surface area contributed by atoms with Gasteiger partial charge in [-0.1, -0.05) is 13.8 Å². The van der Waals surface area contributed by atoms with Crippen LogP contribution in [0.15, 0.2) is 6.07 Å². The van der Waals surface area contributed by atoms with Crippen LogP contribution in [0.25, 0.3) is 0 Å². The maximum atomic E-state index is 5.37. The Balaban J connectivity index is 2.07. The van der Waals surface area contributed by atoms with E-state index in [2.05, 4.69) is 27.6 Å². The fraction of sp³-hybridized carbons (Fsp3) is 0.636. The van der Waals surface area contributed by atoms with Crippen molar-refractivity contribution in [1.82, 2.24) is 9.97 Å². The van der Waals surface area contributed by atoms with Crippen LogP contribution in [0.2, 0.25) is 0 Å². The first-order valence-electron chi connectivity index (χ1n) is 5.82. The number of aryl methyl sites for hydroxylation is 1. The molecule has 16 heavy (non-hydrogen) atoms. The number of nitrogens with zero attached hydrogens (tertiary/aromatic N) is 2. The van der Waals surface area contributed by atoms with E-state index in [1.807, 2.05) is 13.0 Å². The van der Waals surface area contributed by atoms with E-state index >= 15 is 0 Å². The molecule has 1 aliphatic carbocycles. The molecule has 1 aliphatic rings. The zero-order valence-electron chi connectivity index (χ0n) is 9.83. The average molecular weight is 221 g/mol. The summed E-state index contributed by atoms with van der Waals surface area (Å²) >= 11 is 0. The lowest BCUT2D eigenvalue weighted by atomic mass is 9.82. The first kappa shape index (κ1) is 11.1. The molecule has 1 aromatic rings. The topological polar surface area (TPSA) is 75.9 Å². The van der Waals surface area contributed by atoms with E-state index < -0.39 is 0 Å². The number of anilines is 2. The Kier molecular flexibility index (Phi) is 3.24. The third-order valence-corrected chi connectivity index (χ3v) is 2.96. The molecule has 5 nitrogen and oxygen atoms in total. The highest BCUT2D eigenvalue weighted by molar-refractivity contribution is 5.47. The van der Waals surface area contributed by atoms with Crippen LogP contribution >= 0.6 is 0 Å². The average Bonchev–Trinajstić information content (AvgIpc) is 2.26. The zero-order valence-corrected chi connectivity index (χ0v) is 9.83. The van der Waals surface area contributed by atoms with Crippen molar-refractivity contribution in [1.29, 1.82) is 0 Å². The normalized spacial score (nSPS) is 23.7. The summed E-state index contributed by atoms with van der Waals surface area (Å²) < 4.78 is 0. The van der Waals surface area contributed by atoms with Crippen LogP contribution in [0.5, 0.6) is 0 Å². The molecular weight excluding hydrogens is 202 g/mol. The van der Waals surface area contributed by atoms with Gasteiger partial charge in [0.25, 0.3) is 0 Å². The Morgan fingerprint density at radius 3 is 2.62 bits per heavy atom. The third-order valence-electron chi connectivity index (χ3n) is 2.96. The fourth-order valence-electron chi connectivity index (χ4n) is 2.03. The van der Waals surface area contributed by atoms with E-state index in [1.165, 1.54) is 12.8 Å². The smallest absolute Gasteiger partial charge is 0.145 e. The summed E-state index contributed by atoms with van der Waals surface area (Å²) in [6.45, 7) is 4.30. The molecule has 1 aromatic heterocycles. The highest BCUT2D eigenvalue weighted by atomic mass is 15.3. The van der Waals surface area contributed by atoms with Crippen LogP contribution in [-0.4, -0.2) is 16.0 Å². The van der Waals surface area contributed by atoms with Gasteiger partial charge >= 0.3 is 0 Å². The predicted molar refractivity (Wildman–Crippen MR) is 65.0 cm³/mol. The van der Waals surface area contributed by atoms with Crippen LogP contribution in [0, 0.1) is 5.92 Å². The van der Waals surface area contributed by atoms with Crippen molar-refractivity contribution in [2.45, 2.75) is 39.2 Å². The molecule has 0 bridgehead atoms. The molecule has 0 amide bonds. The molecule has 0 aromatic carbocycles. The second kappa shape index (κ2) is 4.65. The maximum absolute atomic E-state index is 5.37. The van der Waals surface area contributed by atoms with Gasteiger partial charge in [-0.15, -0.1) is 0 Å². The van der Waals surface area contributed by atoms with Crippen LogP contribution < -0.4 is 16.6 Å². The van der Waals surface area contributed by atoms with Crippen LogP contribution in [0.4, 0.5) is 11.6 Å². The minimum absolute atomic E-state index is 0.556. The largest absolute Gasteiger partial charge is 0.367 e. The Hall–Kier alpha value is -1.36. The van der Waals surface area contributed by atoms with Crippen LogP contribution in [-0.2, 0) is 6.42 Å². The number of hydrazine groups is 1. The first-order chi connectivity index (χ1) is 7.71. The van der Waals surface area contributed by atoms with Gasteiger partial charge in [-0.05, 0) is 18.8 Å². The molecule has 2 rings (SSSR count). The Labute approximate surface area is 95.8 Å². The van der Waals surface area contributed by atoms with Gasteiger partial charge in [0.15, 0.2) is 0 Å². The molecule has 1 fully saturated rings. The Bertz CT molecular complexity index is 337. The summed E-state index contributed by atoms with van der Waals surface area (Å²) in [6, 6.07) is 2.41. The monoisotopic (exact) mass is 221 g/mol. The van der Waals surface area contributed by atoms with E-state index in [-0.39, 0.29) is 0 Å². The van der Waals surface area contributed by atoms with Gasteiger partial charge in [0.1, 0.15) is 17.5 Å². The summed E-state index contributed by atoms with van der Waals surface area (Å²) in [4.78, 5) is 8.68. The summed E-state index contributed by atoms with van der Waals surface area (Å²) in [6.07, 6.45) is 3.25. The van der Waals surface area contributed by atoms with E-state index in [4.69, 9.17) is 5.84 Å². The quantitative estimate of drug-likeness (QED) is 0.531.